The van der Waals surface area contributed by atoms with Gasteiger partial charge in [0.2, 0.25) is 0 Å². The average Bonchev–Trinajstić information content (AvgIpc) is 2.34. The Bertz CT molecular complexity index is 286. The lowest BCUT2D eigenvalue weighted by molar-refractivity contribution is 0.0518. The molecule has 1 aliphatic heterocycles. The molecule has 2 amide bonds. The third-order valence-electron chi connectivity index (χ3n) is 3.63. The molecule has 1 heterocycles. The van der Waals surface area contributed by atoms with Crippen molar-refractivity contribution in [2.75, 3.05) is 26.8 Å². The molecule has 1 unspecified atom stereocenters. The number of carbonyl (C=O) groups excluding carboxylic acids is 1. The Hall–Kier alpha value is -0.810. The van der Waals surface area contributed by atoms with Crippen molar-refractivity contribution in [1.82, 2.24) is 10.2 Å². The second-order valence-electron chi connectivity index (χ2n) is 6.33. The fourth-order valence-corrected chi connectivity index (χ4v) is 2.55. The molecule has 1 atom stereocenters. The van der Waals surface area contributed by atoms with Gasteiger partial charge in [0, 0.05) is 32.8 Å². The van der Waals surface area contributed by atoms with Crippen LogP contribution in [0, 0.1) is 5.41 Å². The zero-order chi connectivity index (χ0) is 14.5. The van der Waals surface area contributed by atoms with Gasteiger partial charge < -0.3 is 20.1 Å². The SMILES string of the molecule is CC(O)CC(C)(C)CNC(=O)N(C)C1CCOCC1. The molecule has 19 heavy (non-hydrogen) atoms. The topological polar surface area (TPSA) is 61.8 Å². The molecule has 2 N–H and O–H groups in total. The van der Waals surface area contributed by atoms with Crippen molar-refractivity contribution >= 4 is 6.03 Å². The molecule has 1 rings (SSSR count). The highest BCUT2D eigenvalue weighted by atomic mass is 16.5. The first-order valence-electron chi connectivity index (χ1n) is 7.08. The van der Waals surface area contributed by atoms with Crippen molar-refractivity contribution < 1.29 is 14.6 Å². The Labute approximate surface area is 116 Å². The molecule has 0 aromatic heterocycles. The molecule has 1 aliphatic rings. The first-order valence-corrected chi connectivity index (χ1v) is 7.08. The summed E-state index contributed by atoms with van der Waals surface area (Å²) < 4.78 is 5.30. The van der Waals surface area contributed by atoms with E-state index < -0.39 is 0 Å². The number of nitrogens with zero attached hydrogens (tertiary/aromatic N) is 1. The van der Waals surface area contributed by atoms with Crippen LogP contribution in [0.4, 0.5) is 4.79 Å². The minimum Gasteiger partial charge on any atom is -0.393 e. The fourth-order valence-electron chi connectivity index (χ4n) is 2.55. The Balaban J connectivity index is 2.37. The molecule has 0 radical (unpaired) electrons. The summed E-state index contributed by atoms with van der Waals surface area (Å²) in [4.78, 5) is 13.9. The summed E-state index contributed by atoms with van der Waals surface area (Å²) in [7, 11) is 1.84. The molecule has 5 nitrogen and oxygen atoms in total. The van der Waals surface area contributed by atoms with Crippen LogP contribution in [0.3, 0.4) is 0 Å². The van der Waals surface area contributed by atoms with E-state index in [0.717, 1.165) is 26.1 Å². The summed E-state index contributed by atoms with van der Waals surface area (Å²) in [5.74, 6) is 0. The number of carbonyl (C=O) groups is 1. The zero-order valence-corrected chi connectivity index (χ0v) is 12.6. The van der Waals surface area contributed by atoms with Gasteiger partial charge in [-0.1, -0.05) is 13.8 Å². The van der Waals surface area contributed by atoms with Crippen molar-refractivity contribution in [3.8, 4) is 0 Å². The fraction of sp³-hybridized carbons (Fsp3) is 0.929. The number of aliphatic hydroxyl groups is 1. The van der Waals surface area contributed by atoms with Gasteiger partial charge in [0.05, 0.1) is 6.10 Å². The lowest BCUT2D eigenvalue weighted by atomic mass is 9.87. The van der Waals surface area contributed by atoms with Crippen molar-refractivity contribution in [2.24, 2.45) is 5.41 Å². The molecule has 0 spiro atoms. The van der Waals surface area contributed by atoms with Crippen LogP contribution in [0.1, 0.15) is 40.0 Å². The maximum absolute atomic E-state index is 12.1. The Morgan fingerprint density at radius 3 is 2.58 bits per heavy atom. The summed E-state index contributed by atoms with van der Waals surface area (Å²) >= 11 is 0. The maximum Gasteiger partial charge on any atom is 0.317 e. The summed E-state index contributed by atoms with van der Waals surface area (Å²) in [5, 5.41) is 12.4. The van der Waals surface area contributed by atoms with E-state index in [-0.39, 0.29) is 23.6 Å². The third-order valence-corrected chi connectivity index (χ3v) is 3.63. The van der Waals surface area contributed by atoms with E-state index in [0.29, 0.717) is 13.0 Å². The van der Waals surface area contributed by atoms with Gasteiger partial charge in [-0.25, -0.2) is 4.79 Å². The number of aliphatic hydroxyl groups excluding tert-OH is 1. The van der Waals surface area contributed by atoms with E-state index in [2.05, 4.69) is 19.2 Å². The quantitative estimate of drug-likeness (QED) is 0.799. The van der Waals surface area contributed by atoms with Gasteiger partial charge in [0.1, 0.15) is 0 Å². The number of hydrogen-bond acceptors (Lipinski definition) is 3. The van der Waals surface area contributed by atoms with Crippen LogP contribution in [0.2, 0.25) is 0 Å². The van der Waals surface area contributed by atoms with Crippen LogP contribution < -0.4 is 5.32 Å². The number of hydrogen-bond donors (Lipinski definition) is 2. The van der Waals surface area contributed by atoms with Crippen molar-refractivity contribution in [1.29, 1.82) is 0 Å². The predicted octanol–water partition coefficient (Wildman–Crippen LogP) is 1.60. The molecule has 1 saturated heterocycles. The minimum absolute atomic E-state index is 0.0365. The summed E-state index contributed by atoms with van der Waals surface area (Å²) in [6.45, 7) is 7.91. The van der Waals surface area contributed by atoms with E-state index in [4.69, 9.17) is 4.74 Å². The average molecular weight is 272 g/mol. The standard InChI is InChI=1S/C14H28N2O3/c1-11(17)9-14(2,3)10-15-13(18)16(4)12-5-7-19-8-6-12/h11-12,17H,5-10H2,1-4H3,(H,15,18). The second-order valence-corrected chi connectivity index (χ2v) is 6.33. The first-order chi connectivity index (χ1) is 8.82. The predicted molar refractivity (Wildman–Crippen MR) is 75.1 cm³/mol. The molecule has 0 aromatic carbocycles. The van der Waals surface area contributed by atoms with Crippen molar-refractivity contribution in [3.63, 3.8) is 0 Å². The molecule has 1 fully saturated rings. The van der Waals surface area contributed by atoms with E-state index in [1.54, 1.807) is 11.8 Å². The van der Waals surface area contributed by atoms with Gasteiger partial charge >= 0.3 is 6.03 Å². The lowest BCUT2D eigenvalue weighted by Crippen LogP contribution is -2.48. The third kappa shape index (κ3) is 5.78. The molecular formula is C14H28N2O3. The number of amides is 2. The van der Waals surface area contributed by atoms with Gasteiger partial charge in [-0.2, -0.15) is 0 Å². The van der Waals surface area contributed by atoms with Crippen LogP contribution in [0.15, 0.2) is 0 Å². The normalized spacial score (nSPS) is 19.0. The van der Waals surface area contributed by atoms with Crippen molar-refractivity contribution in [2.45, 2.75) is 52.2 Å². The van der Waals surface area contributed by atoms with Gasteiger partial charge in [0.25, 0.3) is 0 Å². The Morgan fingerprint density at radius 2 is 2.05 bits per heavy atom. The van der Waals surface area contributed by atoms with Gasteiger partial charge in [-0.15, -0.1) is 0 Å². The van der Waals surface area contributed by atoms with Crippen LogP contribution >= 0.6 is 0 Å². The maximum atomic E-state index is 12.1. The van der Waals surface area contributed by atoms with Gasteiger partial charge in [-0.3, -0.25) is 0 Å². The smallest absolute Gasteiger partial charge is 0.317 e. The zero-order valence-electron chi connectivity index (χ0n) is 12.6. The van der Waals surface area contributed by atoms with Crippen molar-refractivity contribution in [3.05, 3.63) is 0 Å². The number of nitrogens with one attached hydrogen (secondary N) is 1. The number of rotatable bonds is 5. The highest BCUT2D eigenvalue weighted by molar-refractivity contribution is 5.74. The Kier molecular flexibility index (Phi) is 6.07. The molecule has 0 saturated carbocycles. The van der Waals surface area contributed by atoms with Crippen LogP contribution in [0.25, 0.3) is 0 Å². The summed E-state index contributed by atoms with van der Waals surface area (Å²) in [6.07, 6.45) is 2.14. The first kappa shape index (κ1) is 16.2. The van der Waals surface area contributed by atoms with Crippen LogP contribution in [0.5, 0.6) is 0 Å². The van der Waals surface area contributed by atoms with Gasteiger partial charge in [-0.05, 0) is 31.6 Å². The van der Waals surface area contributed by atoms with E-state index in [1.165, 1.54) is 0 Å². The molecular weight excluding hydrogens is 244 g/mol. The molecule has 0 aliphatic carbocycles. The summed E-state index contributed by atoms with van der Waals surface area (Å²) in [5.41, 5.74) is -0.0969. The Morgan fingerprint density at radius 1 is 1.47 bits per heavy atom. The monoisotopic (exact) mass is 272 g/mol. The highest BCUT2D eigenvalue weighted by Crippen LogP contribution is 2.21. The molecule has 0 aromatic rings. The molecule has 5 heteroatoms. The van der Waals surface area contributed by atoms with E-state index >= 15 is 0 Å². The molecule has 112 valence electrons. The number of urea groups is 1. The summed E-state index contributed by atoms with van der Waals surface area (Å²) in [6, 6.07) is 0.235. The van der Waals surface area contributed by atoms with Crippen LogP contribution in [-0.2, 0) is 4.74 Å². The van der Waals surface area contributed by atoms with Crippen LogP contribution in [-0.4, -0.2) is 55.0 Å². The lowest BCUT2D eigenvalue weighted by Gasteiger charge is -2.33. The van der Waals surface area contributed by atoms with Gasteiger partial charge in [0.15, 0.2) is 0 Å². The second kappa shape index (κ2) is 7.10. The minimum atomic E-state index is -0.347. The van der Waals surface area contributed by atoms with E-state index in [9.17, 15) is 9.90 Å². The largest absolute Gasteiger partial charge is 0.393 e. The number of ether oxygens (including phenoxy) is 1. The molecule has 0 bridgehead atoms. The highest BCUT2D eigenvalue weighted by Gasteiger charge is 2.25. The van der Waals surface area contributed by atoms with E-state index in [1.807, 2.05) is 7.05 Å².